The van der Waals surface area contributed by atoms with Gasteiger partial charge in [-0.25, -0.2) is 14.0 Å². The molecule has 0 aromatic heterocycles. The van der Waals surface area contributed by atoms with Crippen LogP contribution in [0.1, 0.15) is 16.8 Å². The number of esters is 1. The van der Waals surface area contributed by atoms with Crippen LogP contribution in [0, 0.1) is 5.82 Å². The average Bonchev–Trinajstić information content (AvgIpc) is 3.09. The highest BCUT2D eigenvalue weighted by molar-refractivity contribution is 5.91. The number of piperazine rings is 1. The minimum Gasteiger partial charge on any atom is -0.497 e. The number of benzene rings is 4. The predicted octanol–water partition coefficient (Wildman–Crippen LogP) is 6.16. The van der Waals surface area contributed by atoms with Gasteiger partial charge in [-0.05, 0) is 66.1 Å². The summed E-state index contributed by atoms with van der Waals surface area (Å²) in [5.74, 6) is -0.0139. The number of amides is 2. The SMILES string of the molecule is COc1cccc(NC(=O)N2CC[C@@H](N3CCN(c4ccc(F)cc4)CC3)[C@H](OC(=O)c3ccc(-c4ccccc4)cc3)C2)c1. The monoisotopic (exact) mass is 608 g/mol. The zero-order chi connectivity index (χ0) is 31.2. The molecule has 2 saturated heterocycles. The molecule has 4 aromatic rings. The van der Waals surface area contributed by atoms with Crippen molar-refractivity contribution >= 4 is 23.4 Å². The first-order chi connectivity index (χ1) is 22.0. The van der Waals surface area contributed by atoms with Crippen LogP contribution in [0.2, 0.25) is 0 Å². The number of carbonyl (C=O) groups is 2. The molecule has 232 valence electrons. The summed E-state index contributed by atoms with van der Waals surface area (Å²) in [7, 11) is 1.58. The van der Waals surface area contributed by atoms with E-state index in [-0.39, 0.29) is 24.4 Å². The van der Waals surface area contributed by atoms with Gasteiger partial charge in [0.05, 0.1) is 25.3 Å². The number of likely N-dealkylation sites (tertiary alicyclic amines) is 1. The zero-order valence-corrected chi connectivity index (χ0v) is 25.3. The second-order valence-corrected chi connectivity index (χ2v) is 11.4. The second-order valence-electron chi connectivity index (χ2n) is 11.4. The number of piperidine rings is 1. The van der Waals surface area contributed by atoms with Crippen LogP contribution in [-0.4, -0.2) is 80.3 Å². The van der Waals surface area contributed by atoms with Gasteiger partial charge in [0, 0.05) is 50.2 Å². The third-order valence-corrected chi connectivity index (χ3v) is 8.59. The Bertz CT molecular complexity index is 1590. The number of carbonyl (C=O) groups excluding carboxylic acids is 2. The number of nitrogens with one attached hydrogen (secondary N) is 1. The van der Waals surface area contributed by atoms with Crippen LogP contribution in [0.3, 0.4) is 0 Å². The highest BCUT2D eigenvalue weighted by Gasteiger charge is 2.39. The highest BCUT2D eigenvalue weighted by atomic mass is 19.1. The summed E-state index contributed by atoms with van der Waals surface area (Å²) in [4.78, 5) is 33.1. The Labute approximate surface area is 263 Å². The molecule has 2 amide bonds. The third-order valence-electron chi connectivity index (χ3n) is 8.59. The van der Waals surface area contributed by atoms with E-state index in [9.17, 15) is 14.0 Å². The van der Waals surface area contributed by atoms with Crippen LogP contribution in [0.4, 0.5) is 20.6 Å². The van der Waals surface area contributed by atoms with E-state index in [1.165, 1.54) is 12.1 Å². The molecule has 6 rings (SSSR count). The van der Waals surface area contributed by atoms with E-state index >= 15 is 0 Å². The van der Waals surface area contributed by atoms with Gasteiger partial charge >= 0.3 is 12.0 Å². The maximum atomic E-state index is 13.5. The van der Waals surface area contributed by atoms with E-state index in [2.05, 4.69) is 15.1 Å². The lowest BCUT2D eigenvalue weighted by molar-refractivity contribution is -0.0302. The summed E-state index contributed by atoms with van der Waals surface area (Å²) in [5, 5.41) is 2.96. The molecule has 4 aromatic carbocycles. The van der Waals surface area contributed by atoms with Gasteiger partial charge in [0.25, 0.3) is 0 Å². The number of hydrogen-bond donors (Lipinski definition) is 1. The smallest absolute Gasteiger partial charge is 0.338 e. The van der Waals surface area contributed by atoms with Crippen LogP contribution in [-0.2, 0) is 4.74 Å². The van der Waals surface area contributed by atoms with E-state index in [1.54, 1.807) is 42.3 Å². The number of halogens is 1. The molecule has 2 aliphatic heterocycles. The minimum absolute atomic E-state index is 0.0474. The predicted molar refractivity (Wildman–Crippen MR) is 173 cm³/mol. The Hall–Kier alpha value is -4.89. The van der Waals surface area contributed by atoms with Crippen molar-refractivity contribution in [3.05, 3.63) is 115 Å². The van der Waals surface area contributed by atoms with Crippen LogP contribution in [0.5, 0.6) is 5.75 Å². The molecule has 2 atom stereocenters. The van der Waals surface area contributed by atoms with Gasteiger partial charge in [-0.1, -0.05) is 48.5 Å². The van der Waals surface area contributed by atoms with Crippen molar-refractivity contribution in [1.82, 2.24) is 9.80 Å². The molecular formula is C36H37FN4O4. The van der Waals surface area contributed by atoms with E-state index in [1.807, 2.05) is 60.7 Å². The lowest BCUT2D eigenvalue weighted by Gasteiger charge is -2.46. The van der Waals surface area contributed by atoms with Crippen molar-refractivity contribution in [3.8, 4) is 16.9 Å². The largest absolute Gasteiger partial charge is 0.497 e. The molecule has 1 N–H and O–H groups in total. The van der Waals surface area contributed by atoms with E-state index in [0.717, 1.165) is 43.0 Å². The first-order valence-corrected chi connectivity index (χ1v) is 15.3. The maximum absolute atomic E-state index is 13.5. The number of ether oxygens (including phenoxy) is 2. The summed E-state index contributed by atoms with van der Waals surface area (Å²) in [6.45, 7) is 3.86. The number of urea groups is 1. The fourth-order valence-electron chi connectivity index (χ4n) is 6.12. The quantitative estimate of drug-likeness (QED) is 0.254. The fraction of sp³-hybridized carbons (Fsp3) is 0.278. The molecule has 0 saturated carbocycles. The molecule has 2 fully saturated rings. The number of hydrogen-bond acceptors (Lipinski definition) is 6. The van der Waals surface area contributed by atoms with E-state index in [4.69, 9.17) is 9.47 Å². The summed E-state index contributed by atoms with van der Waals surface area (Å²) in [6, 6.07) is 30.9. The van der Waals surface area contributed by atoms with Gasteiger partial charge in [0.1, 0.15) is 17.7 Å². The molecule has 0 radical (unpaired) electrons. The lowest BCUT2D eigenvalue weighted by atomic mass is 9.98. The molecule has 8 nitrogen and oxygen atoms in total. The average molecular weight is 609 g/mol. The van der Waals surface area contributed by atoms with Gasteiger partial charge < -0.3 is 24.6 Å². The molecule has 9 heteroatoms. The number of rotatable bonds is 7. The Morgan fingerprint density at radius 3 is 2.22 bits per heavy atom. The van der Waals surface area contributed by atoms with Crippen LogP contribution in [0.15, 0.2) is 103 Å². The first kappa shape index (κ1) is 30.1. The normalized spacial score (nSPS) is 18.7. The standard InChI is InChI=1S/C36H37FN4O4/c1-44-32-9-5-8-30(24-32)38-36(43)41-19-18-33(40-22-20-39(21-23-40)31-16-14-29(37)15-17-31)34(25-41)45-35(42)28-12-10-27(11-13-28)26-6-3-2-4-7-26/h2-17,24,33-34H,18-23,25H2,1H3,(H,38,43)/t33-,34-/m1/s1. The Morgan fingerprint density at radius 1 is 0.800 bits per heavy atom. The summed E-state index contributed by atoms with van der Waals surface area (Å²) in [5.41, 5.74) is 4.17. The molecule has 0 unspecified atom stereocenters. The Morgan fingerprint density at radius 2 is 1.51 bits per heavy atom. The van der Waals surface area contributed by atoms with Crippen molar-refractivity contribution in [2.75, 3.05) is 56.6 Å². The number of nitrogens with zero attached hydrogens (tertiary/aromatic N) is 3. The van der Waals surface area contributed by atoms with Crippen LogP contribution in [0.25, 0.3) is 11.1 Å². The molecule has 0 aliphatic carbocycles. The molecule has 0 spiro atoms. The second kappa shape index (κ2) is 13.8. The number of methoxy groups -OCH3 is 1. The van der Waals surface area contributed by atoms with Crippen molar-refractivity contribution < 1.29 is 23.5 Å². The van der Waals surface area contributed by atoms with Crippen molar-refractivity contribution in [2.24, 2.45) is 0 Å². The zero-order valence-electron chi connectivity index (χ0n) is 25.3. The molecular weight excluding hydrogens is 571 g/mol. The van der Waals surface area contributed by atoms with Gasteiger partial charge in [-0.2, -0.15) is 0 Å². The van der Waals surface area contributed by atoms with Crippen molar-refractivity contribution in [3.63, 3.8) is 0 Å². The highest BCUT2D eigenvalue weighted by Crippen LogP contribution is 2.26. The summed E-state index contributed by atoms with van der Waals surface area (Å²) < 4.78 is 25.0. The molecule has 0 bridgehead atoms. The first-order valence-electron chi connectivity index (χ1n) is 15.3. The molecule has 45 heavy (non-hydrogen) atoms. The summed E-state index contributed by atoms with van der Waals surface area (Å²) >= 11 is 0. The molecule has 2 aliphatic rings. The Kier molecular flexibility index (Phi) is 9.26. The lowest BCUT2D eigenvalue weighted by Crippen LogP contribution is -2.60. The fourth-order valence-corrected chi connectivity index (χ4v) is 6.12. The van der Waals surface area contributed by atoms with E-state index in [0.29, 0.717) is 30.0 Å². The Balaban J connectivity index is 1.16. The van der Waals surface area contributed by atoms with Crippen LogP contribution >= 0.6 is 0 Å². The van der Waals surface area contributed by atoms with Crippen LogP contribution < -0.4 is 15.0 Å². The maximum Gasteiger partial charge on any atom is 0.338 e. The third kappa shape index (κ3) is 7.26. The van der Waals surface area contributed by atoms with Gasteiger partial charge in [0.15, 0.2) is 0 Å². The van der Waals surface area contributed by atoms with E-state index < -0.39 is 12.1 Å². The topological polar surface area (TPSA) is 74.3 Å². The van der Waals surface area contributed by atoms with Crippen molar-refractivity contribution in [1.29, 1.82) is 0 Å². The summed E-state index contributed by atoms with van der Waals surface area (Å²) in [6.07, 6.45) is 0.140. The van der Waals surface area contributed by atoms with Crippen molar-refractivity contribution in [2.45, 2.75) is 18.6 Å². The number of anilines is 2. The molecule has 2 heterocycles. The van der Waals surface area contributed by atoms with Gasteiger partial charge in [-0.15, -0.1) is 0 Å². The van der Waals surface area contributed by atoms with Gasteiger partial charge in [0.2, 0.25) is 0 Å². The minimum atomic E-state index is -0.520. The van der Waals surface area contributed by atoms with Gasteiger partial charge in [-0.3, -0.25) is 4.90 Å².